The highest BCUT2D eigenvalue weighted by Crippen LogP contribution is 2.07. The van der Waals surface area contributed by atoms with Crippen molar-refractivity contribution in [2.24, 2.45) is 5.73 Å². The molecule has 0 atom stereocenters. The van der Waals surface area contributed by atoms with Crippen LogP contribution in [0.4, 0.5) is 0 Å². The number of benzene rings is 1. The summed E-state index contributed by atoms with van der Waals surface area (Å²) in [6.07, 6.45) is 0.458. The molecule has 0 radical (unpaired) electrons. The Hall–Kier alpha value is -1.35. The van der Waals surface area contributed by atoms with Crippen LogP contribution in [0.2, 0.25) is 0 Å². The van der Waals surface area contributed by atoms with Crippen molar-refractivity contribution in [1.82, 2.24) is 4.90 Å². The van der Waals surface area contributed by atoms with Crippen molar-refractivity contribution in [2.75, 3.05) is 7.05 Å². The van der Waals surface area contributed by atoms with Gasteiger partial charge in [-0.2, -0.15) is 0 Å². The van der Waals surface area contributed by atoms with Crippen molar-refractivity contribution in [2.45, 2.75) is 32.9 Å². The second kappa shape index (κ2) is 5.66. The van der Waals surface area contributed by atoms with Gasteiger partial charge in [-0.05, 0) is 25.0 Å². The molecule has 0 aliphatic rings. The van der Waals surface area contributed by atoms with Gasteiger partial charge in [0.05, 0.1) is 6.42 Å². The van der Waals surface area contributed by atoms with E-state index >= 15 is 0 Å². The fourth-order valence-corrected chi connectivity index (χ4v) is 1.38. The zero-order chi connectivity index (χ0) is 12.1. The van der Waals surface area contributed by atoms with Gasteiger partial charge in [0.25, 0.3) is 0 Å². The van der Waals surface area contributed by atoms with E-state index in [2.05, 4.69) is 0 Å². The topological polar surface area (TPSA) is 46.3 Å². The number of nitrogens with zero attached hydrogens (tertiary/aromatic N) is 1. The molecule has 0 heterocycles. The SMILES string of the molecule is CC(C)N(C)C(=O)Cc1ccc(CN)cc1. The molecule has 0 saturated carbocycles. The van der Waals surface area contributed by atoms with Gasteiger partial charge in [-0.25, -0.2) is 0 Å². The number of carbonyl (C=O) groups is 1. The first-order valence-electron chi connectivity index (χ1n) is 5.58. The van der Waals surface area contributed by atoms with Gasteiger partial charge in [0.15, 0.2) is 0 Å². The third-order valence-electron chi connectivity index (χ3n) is 2.78. The van der Waals surface area contributed by atoms with Gasteiger partial charge >= 0.3 is 0 Å². The molecule has 0 saturated heterocycles. The maximum Gasteiger partial charge on any atom is 0.226 e. The predicted molar refractivity (Wildman–Crippen MR) is 65.9 cm³/mol. The van der Waals surface area contributed by atoms with Gasteiger partial charge in [0.2, 0.25) is 5.91 Å². The van der Waals surface area contributed by atoms with Gasteiger partial charge in [-0.15, -0.1) is 0 Å². The fourth-order valence-electron chi connectivity index (χ4n) is 1.38. The van der Waals surface area contributed by atoms with Gasteiger partial charge < -0.3 is 10.6 Å². The molecule has 0 bridgehead atoms. The molecule has 3 nitrogen and oxygen atoms in total. The smallest absolute Gasteiger partial charge is 0.226 e. The molecule has 1 rings (SSSR count). The Morgan fingerprint density at radius 2 is 1.75 bits per heavy atom. The van der Waals surface area contributed by atoms with Crippen LogP contribution in [0.15, 0.2) is 24.3 Å². The number of amides is 1. The molecule has 1 aromatic carbocycles. The minimum atomic E-state index is 0.149. The van der Waals surface area contributed by atoms with Gasteiger partial charge in [-0.1, -0.05) is 24.3 Å². The van der Waals surface area contributed by atoms with Crippen molar-refractivity contribution < 1.29 is 4.79 Å². The Morgan fingerprint density at radius 3 is 2.19 bits per heavy atom. The third kappa shape index (κ3) is 3.35. The Bertz CT molecular complexity index is 343. The van der Waals surface area contributed by atoms with E-state index in [1.165, 1.54) is 0 Å². The Balaban J connectivity index is 2.62. The van der Waals surface area contributed by atoms with Crippen LogP contribution in [-0.4, -0.2) is 23.9 Å². The first-order valence-corrected chi connectivity index (χ1v) is 5.58. The summed E-state index contributed by atoms with van der Waals surface area (Å²) in [5.74, 6) is 0.149. The van der Waals surface area contributed by atoms with Crippen molar-refractivity contribution in [3.05, 3.63) is 35.4 Å². The summed E-state index contributed by atoms with van der Waals surface area (Å²) in [7, 11) is 1.83. The van der Waals surface area contributed by atoms with Crippen LogP contribution in [0.25, 0.3) is 0 Å². The highest BCUT2D eigenvalue weighted by Gasteiger charge is 2.11. The molecule has 16 heavy (non-hydrogen) atoms. The lowest BCUT2D eigenvalue weighted by Crippen LogP contribution is -2.34. The quantitative estimate of drug-likeness (QED) is 0.837. The second-order valence-electron chi connectivity index (χ2n) is 4.30. The average molecular weight is 220 g/mol. The Morgan fingerprint density at radius 1 is 1.25 bits per heavy atom. The normalized spacial score (nSPS) is 10.6. The first-order chi connectivity index (χ1) is 7.54. The zero-order valence-corrected chi connectivity index (χ0v) is 10.2. The minimum absolute atomic E-state index is 0.149. The van der Waals surface area contributed by atoms with E-state index in [9.17, 15) is 4.79 Å². The van der Waals surface area contributed by atoms with E-state index < -0.39 is 0 Å². The molecule has 3 heteroatoms. The standard InChI is InChI=1S/C13H20N2O/c1-10(2)15(3)13(16)8-11-4-6-12(9-14)7-5-11/h4-7,10H,8-9,14H2,1-3H3. The lowest BCUT2D eigenvalue weighted by molar-refractivity contribution is -0.130. The second-order valence-corrected chi connectivity index (χ2v) is 4.30. The lowest BCUT2D eigenvalue weighted by atomic mass is 10.1. The van der Waals surface area contributed by atoms with Crippen LogP contribution in [-0.2, 0) is 17.8 Å². The highest BCUT2D eigenvalue weighted by atomic mass is 16.2. The van der Waals surface area contributed by atoms with Crippen LogP contribution in [0.1, 0.15) is 25.0 Å². The maximum atomic E-state index is 11.8. The van der Waals surface area contributed by atoms with Gasteiger partial charge in [0, 0.05) is 19.6 Å². The molecule has 2 N–H and O–H groups in total. The molecule has 0 aliphatic carbocycles. The zero-order valence-electron chi connectivity index (χ0n) is 10.2. The van der Waals surface area contributed by atoms with Crippen LogP contribution in [0.5, 0.6) is 0 Å². The summed E-state index contributed by atoms with van der Waals surface area (Å²) in [6, 6.07) is 8.12. The maximum absolute atomic E-state index is 11.8. The molecule has 0 unspecified atom stereocenters. The van der Waals surface area contributed by atoms with E-state index in [4.69, 9.17) is 5.73 Å². The number of carbonyl (C=O) groups excluding carboxylic acids is 1. The molecule has 1 aromatic rings. The van der Waals surface area contributed by atoms with Gasteiger partial charge in [0.1, 0.15) is 0 Å². The van der Waals surface area contributed by atoms with Crippen LogP contribution < -0.4 is 5.73 Å². The number of likely N-dealkylation sites (N-methyl/N-ethyl adjacent to an activating group) is 1. The van der Waals surface area contributed by atoms with Crippen LogP contribution in [0, 0.1) is 0 Å². The average Bonchev–Trinajstić information content (AvgIpc) is 2.28. The number of rotatable bonds is 4. The summed E-state index contributed by atoms with van der Waals surface area (Å²) in [4.78, 5) is 13.6. The van der Waals surface area contributed by atoms with Crippen molar-refractivity contribution in [1.29, 1.82) is 0 Å². The summed E-state index contributed by atoms with van der Waals surface area (Å²) in [6.45, 7) is 4.56. The third-order valence-corrected chi connectivity index (χ3v) is 2.78. The van der Waals surface area contributed by atoms with E-state index in [1.807, 2.05) is 45.2 Å². The lowest BCUT2D eigenvalue weighted by Gasteiger charge is -2.21. The predicted octanol–water partition coefficient (Wildman–Crippen LogP) is 1.55. The van der Waals surface area contributed by atoms with E-state index in [-0.39, 0.29) is 11.9 Å². The fraction of sp³-hybridized carbons (Fsp3) is 0.462. The molecule has 0 aliphatic heterocycles. The minimum Gasteiger partial charge on any atom is -0.343 e. The van der Waals surface area contributed by atoms with E-state index in [0.717, 1.165) is 11.1 Å². The number of hydrogen-bond donors (Lipinski definition) is 1. The molecular formula is C13H20N2O. The van der Waals surface area contributed by atoms with Gasteiger partial charge in [-0.3, -0.25) is 4.79 Å². The summed E-state index contributed by atoms with van der Waals surface area (Å²) >= 11 is 0. The summed E-state index contributed by atoms with van der Waals surface area (Å²) in [5, 5.41) is 0. The highest BCUT2D eigenvalue weighted by molar-refractivity contribution is 5.78. The van der Waals surface area contributed by atoms with E-state index in [0.29, 0.717) is 13.0 Å². The first kappa shape index (κ1) is 12.7. The Kier molecular flexibility index (Phi) is 4.50. The largest absolute Gasteiger partial charge is 0.343 e. The summed E-state index contributed by atoms with van der Waals surface area (Å²) < 4.78 is 0. The number of hydrogen-bond acceptors (Lipinski definition) is 2. The van der Waals surface area contributed by atoms with Crippen molar-refractivity contribution in [3.63, 3.8) is 0 Å². The molecule has 88 valence electrons. The molecule has 0 fully saturated rings. The molecule has 0 aromatic heterocycles. The molecule has 0 spiro atoms. The van der Waals surface area contributed by atoms with E-state index in [1.54, 1.807) is 4.90 Å². The van der Waals surface area contributed by atoms with Crippen LogP contribution in [0.3, 0.4) is 0 Å². The van der Waals surface area contributed by atoms with Crippen LogP contribution >= 0.6 is 0 Å². The summed E-state index contributed by atoms with van der Waals surface area (Å²) in [5.41, 5.74) is 7.64. The molecule has 1 amide bonds. The number of nitrogens with two attached hydrogens (primary N) is 1. The van der Waals surface area contributed by atoms with Crippen molar-refractivity contribution in [3.8, 4) is 0 Å². The van der Waals surface area contributed by atoms with Crippen molar-refractivity contribution >= 4 is 5.91 Å². The Labute approximate surface area is 97.2 Å². The molecular weight excluding hydrogens is 200 g/mol. The monoisotopic (exact) mass is 220 g/mol.